The summed E-state index contributed by atoms with van der Waals surface area (Å²) in [4.78, 5) is 0. The van der Waals surface area contributed by atoms with Crippen LogP contribution in [0.3, 0.4) is 0 Å². The molecule has 0 N–H and O–H groups in total. The first-order valence-electron chi connectivity index (χ1n) is 5.67. The zero-order valence-corrected chi connectivity index (χ0v) is 10.0. The van der Waals surface area contributed by atoms with E-state index in [4.69, 9.17) is 4.74 Å². The first-order valence-corrected chi connectivity index (χ1v) is 5.67. The Morgan fingerprint density at radius 1 is 1.06 bits per heavy atom. The van der Waals surface area contributed by atoms with Gasteiger partial charge in [0.15, 0.2) is 0 Å². The van der Waals surface area contributed by atoms with Crippen molar-refractivity contribution < 1.29 is 9.13 Å². The van der Waals surface area contributed by atoms with Crippen molar-refractivity contribution in [1.29, 1.82) is 0 Å². The van der Waals surface area contributed by atoms with Crippen LogP contribution < -0.4 is 4.74 Å². The van der Waals surface area contributed by atoms with Crippen LogP contribution in [0.1, 0.15) is 12.5 Å². The van der Waals surface area contributed by atoms with Crippen LogP contribution in [-0.2, 0) is 6.42 Å². The molecule has 88 valence electrons. The van der Waals surface area contributed by atoms with Gasteiger partial charge in [-0.2, -0.15) is 0 Å². The predicted molar refractivity (Wildman–Crippen MR) is 67.8 cm³/mol. The van der Waals surface area contributed by atoms with Gasteiger partial charge >= 0.3 is 0 Å². The highest BCUT2D eigenvalue weighted by Crippen LogP contribution is 2.26. The van der Waals surface area contributed by atoms with Gasteiger partial charge in [-0.15, -0.1) is 0 Å². The van der Waals surface area contributed by atoms with Crippen LogP contribution >= 0.6 is 0 Å². The molecule has 0 saturated carbocycles. The first-order chi connectivity index (χ1) is 8.24. The fraction of sp³-hybridized carbons (Fsp3) is 0.200. The van der Waals surface area contributed by atoms with E-state index in [9.17, 15) is 4.39 Å². The fourth-order valence-corrected chi connectivity index (χ4v) is 1.78. The number of halogens is 1. The zero-order chi connectivity index (χ0) is 12.3. The third-order valence-corrected chi connectivity index (χ3v) is 2.85. The van der Waals surface area contributed by atoms with Gasteiger partial charge in [0.25, 0.3) is 0 Å². The average molecular weight is 230 g/mol. The van der Waals surface area contributed by atoms with Crippen molar-refractivity contribution in [3.05, 3.63) is 53.8 Å². The van der Waals surface area contributed by atoms with Crippen LogP contribution in [0.5, 0.6) is 5.75 Å². The Morgan fingerprint density at radius 3 is 2.29 bits per heavy atom. The largest absolute Gasteiger partial charge is 0.497 e. The van der Waals surface area contributed by atoms with Gasteiger partial charge in [-0.3, -0.25) is 0 Å². The van der Waals surface area contributed by atoms with Crippen molar-refractivity contribution in [3.63, 3.8) is 0 Å². The summed E-state index contributed by atoms with van der Waals surface area (Å²) in [5, 5.41) is 0. The number of hydrogen-bond acceptors (Lipinski definition) is 1. The van der Waals surface area contributed by atoms with Crippen molar-refractivity contribution in [2.24, 2.45) is 0 Å². The molecule has 0 saturated heterocycles. The lowest BCUT2D eigenvalue weighted by atomic mass is 10.0. The smallest absolute Gasteiger partial charge is 0.134 e. The van der Waals surface area contributed by atoms with Gasteiger partial charge < -0.3 is 4.74 Å². The monoisotopic (exact) mass is 230 g/mol. The summed E-state index contributed by atoms with van der Waals surface area (Å²) < 4.78 is 18.8. The second-order valence-corrected chi connectivity index (χ2v) is 3.90. The van der Waals surface area contributed by atoms with Crippen molar-refractivity contribution in [2.45, 2.75) is 13.3 Å². The number of hydrogen-bond donors (Lipinski definition) is 0. The first kappa shape index (κ1) is 11.6. The SMILES string of the molecule is CCc1ccc(-c2ccc(OC)cc2F)cc1. The Hall–Kier alpha value is -1.83. The molecule has 0 amide bonds. The molecule has 1 nitrogen and oxygen atoms in total. The molecule has 0 atom stereocenters. The minimum absolute atomic E-state index is 0.256. The molecule has 2 aromatic rings. The Labute approximate surface area is 101 Å². The Morgan fingerprint density at radius 2 is 1.76 bits per heavy atom. The lowest BCUT2D eigenvalue weighted by Crippen LogP contribution is -1.88. The average Bonchev–Trinajstić information content (AvgIpc) is 2.39. The van der Waals surface area contributed by atoms with Crippen molar-refractivity contribution >= 4 is 0 Å². The maximum Gasteiger partial charge on any atom is 0.134 e. The van der Waals surface area contributed by atoms with Gasteiger partial charge in [0, 0.05) is 11.6 Å². The van der Waals surface area contributed by atoms with Gasteiger partial charge in [0.1, 0.15) is 11.6 Å². The number of ether oxygens (including phenoxy) is 1. The molecule has 0 bridgehead atoms. The molecule has 0 unspecified atom stereocenters. The van der Waals surface area contributed by atoms with Gasteiger partial charge in [0.2, 0.25) is 0 Å². The summed E-state index contributed by atoms with van der Waals surface area (Å²) in [6.07, 6.45) is 0.991. The van der Waals surface area contributed by atoms with E-state index in [0.717, 1.165) is 12.0 Å². The normalized spacial score (nSPS) is 10.3. The van der Waals surface area contributed by atoms with Gasteiger partial charge in [-0.1, -0.05) is 31.2 Å². The molecule has 0 aliphatic heterocycles. The molecule has 0 radical (unpaired) electrons. The van der Waals surface area contributed by atoms with E-state index in [1.165, 1.54) is 18.7 Å². The molecule has 2 aromatic carbocycles. The highest BCUT2D eigenvalue weighted by Gasteiger charge is 2.06. The summed E-state index contributed by atoms with van der Waals surface area (Å²) in [6.45, 7) is 2.10. The molecular weight excluding hydrogens is 215 g/mol. The van der Waals surface area contributed by atoms with E-state index in [-0.39, 0.29) is 5.82 Å². The van der Waals surface area contributed by atoms with Gasteiger partial charge in [-0.25, -0.2) is 4.39 Å². The molecule has 17 heavy (non-hydrogen) atoms. The third kappa shape index (κ3) is 2.47. The van der Waals surface area contributed by atoms with Crippen LogP contribution in [0.25, 0.3) is 11.1 Å². The van der Waals surface area contributed by atoms with E-state index in [1.54, 1.807) is 12.1 Å². The van der Waals surface area contributed by atoms with Crippen LogP contribution in [0.15, 0.2) is 42.5 Å². The van der Waals surface area contributed by atoms with E-state index in [2.05, 4.69) is 6.92 Å². The Kier molecular flexibility index (Phi) is 3.43. The van der Waals surface area contributed by atoms with Crippen LogP contribution in [0, 0.1) is 5.82 Å². The number of methoxy groups -OCH3 is 1. The summed E-state index contributed by atoms with van der Waals surface area (Å²) in [5.41, 5.74) is 2.75. The Bertz CT molecular complexity index is 503. The minimum atomic E-state index is -0.256. The van der Waals surface area contributed by atoms with Crippen LogP contribution in [-0.4, -0.2) is 7.11 Å². The van der Waals surface area contributed by atoms with E-state index in [1.807, 2.05) is 24.3 Å². The lowest BCUT2D eigenvalue weighted by molar-refractivity contribution is 0.411. The highest BCUT2D eigenvalue weighted by molar-refractivity contribution is 5.65. The van der Waals surface area contributed by atoms with Crippen molar-refractivity contribution in [3.8, 4) is 16.9 Å². The number of rotatable bonds is 3. The summed E-state index contributed by atoms with van der Waals surface area (Å²) in [7, 11) is 1.53. The minimum Gasteiger partial charge on any atom is -0.497 e. The summed E-state index contributed by atoms with van der Waals surface area (Å²) in [6, 6.07) is 12.9. The maximum absolute atomic E-state index is 13.8. The summed E-state index contributed by atoms with van der Waals surface area (Å²) >= 11 is 0. The van der Waals surface area contributed by atoms with E-state index < -0.39 is 0 Å². The number of benzene rings is 2. The summed E-state index contributed by atoms with van der Waals surface area (Å²) in [5.74, 6) is 0.282. The maximum atomic E-state index is 13.8. The molecule has 0 aliphatic rings. The van der Waals surface area contributed by atoms with Gasteiger partial charge in [-0.05, 0) is 29.7 Å². The molecular formula is C15H15FO. The highest BCUT2D eigenvalue weighted by atomic mass is 19.1. The molecule has 0 aliphatic carbocycles. The van der Waals surface area contributed by atoms with Crippen LogP contribution in [0.2, 0.25) is 0 Å². The Balaban J connectivity index is 2.38. The molecule has 0 aromatic heterocycles. The quantitative estimate of drug-likeness (QED) is 0.772. The second kappa shape index (κ2) is 5.00. The lowest BCUT2D eigenvalue weighted by Gasteiger charge is -2.06. The van der Waals surface area contributed by atoms with E-state index >= 15 is 0 Å². The second-order valence-electron chi connectivity index (χ2n) is 3.90. The molecule has 2 heteroatoms. The van der Waals surface area contributed by atoms with Gasteiger partial charge in [0.05, 0.1) is 7.11 Å². The molecule has 0 heterocycles. The zero-order valence-electron chi connectivity index (χ0n) is 10.0. The topological polar surface area (TPSA) is 9.23 Å². The van der Waals surface area contributed by atoms with E-state index in [0.29, 0.717) is 11.3 Å². The molecule has 2 rings (SSSR count). The number of aryl methyl sites for hydroxylation is 1. The standard InChI is InChI=1S/C15H15FO/c1-3-11-4-6-12(7-5-11)14-9-8-13(17-2)10-15(14)16/h4-10H,3H2,1-2H3. The molecule has 0 spiro atoms. The predicted octanol–water partition coefficient (Wildman–Crippen LogP) is 4.06. The van der Waals surface area contributed by atoms with Crippen molar-refractivity contribution in [1.82, 2.24) is 0 Å². The van der Waals surface area contributed by atoms with Crippen molar-refractivity contribution in [2.75, 3.05) is 7.11 Å². The molecule has 0 fully saturated rings. The fourth-order valence-electron chi connectivity index (χ4n) is 1.78. The van der Waals surface area contributed by atoms with Crippen LogP contribution in [0.4, 0.5) is 4.39 Å². The third-order valence-electron chi connectivity index (χ3n) is 2.85.